The van der Waals surface area contributed by atoms with Gasteiger partial charge in [0, 0.05) is 26.2 Å². The van der Waals surface area contributed by atoms with Crippen LogP contribution in [0.3, 0.4) is 0 Å². The van der Waals surface area contributed by atoms with E-state index in [9.17, 15) is 0 Å². The van der Waals surface area contributed by atoms with Gasteiger partial charge in [0.25, 0.3) is 0 Å². The predicted octanol–water partition coefficient (Wildman–Crippen LogP) is 2.06. The Labute approximate surface area is 89.9 Å². The second-order valence-corrected chi connectivity index (χ2v) is 4.05. The molecule has 1 aliphatic heterocycles. The number of hydrogen-bond acceptors (Lipinski definition) is 2. The molecule has 0 amide bonds. The van der Waals surface area contributed by atoms with Crippen molar-refractivity contribution < 1.29 is 0 Å². The van der Waals surface area contributed by atoms with Gasteiger partial charge in [-0.3, -0.25) is 0 Å². The highest BCUT2D eigenvalue weighted by Crippen LogP contribution is 2.29. The number of benzene rings is 1. The quantitative estimate of drug-likeness (QED) is 0.764. The molecule has 1 aromatic rings. The topological polar surface area (TPSA) is 15.3 Å². The number of rotatable bonds is 1. The molecule has 14 heavy (non-hydrogen) atoms. The van der Waals surface area contributed by atoms with E-state index in [0.717, 1.165) is 31.2 Å². The number of hydrogen-bond donors (Lipinski definition) is 1. The molecule has 0 spiro atoms. The summed E-state index contributed by atoms with van der Waals surface area (Å²) in [5, 5.41) is 4.21. The number of nitrogens with zero attached hydrogens (tertiary/aromatic N) is 1. The maximum atomic E-state index is 6.20. The van der Waals surface area contributed by atoms with E-state index in [4.69, 9.17) is 11.6 Å². The van der Waals surface area contributed by atoms with E-state index < -0.39 is 0 Å². The van der Waals surface area contributed by atoms with Crippen LogP contribution in [-0.4, -0.2) is 26.2 Å². The third-order valence-electron chi connectivity index (χ3n) is 2.62. The van der Waals surface area contributed by atoms with E-state index in [1.54, 1.807) is 0 Å². The van der Waals surface area contributed by atoms with Crippen LogP contribution in [0.15, 0.2) is 18.2 Å². The van der Waals surface area contributed by atoms with Gasteiger partial charge in [-0.25, -0.2) is 0 Å². The molecule has 1 fully saturated rings. The van der Waals surface area contributed by atoms with E-state index in [-0.39, 0.29) is 0 Å². The van der Waals surface area contributed by atoms with Crippen LogP contribution >= 0.6 is 11.6 Å². The van der Waals surface area contributed by atoms with Crippen molar-refractivity contribution in [2.75, 3.05) is 31.1 Å². The summed E-state index contributed by atoms with van der Waals surface area (Å²) >= 11 is 6.20. The molecule has 1 aromatic carbocycles. The molecule has 1 heterocycles. The fourth-order valence-corrected chi connectivity index (χ4v) is 2.25. The van der Waals surface area contributed by atoms with Gasteiger partial charge in [-0.15, -0.1) is 0 Å². The second-order valence-electron chi connectivity index (χ2n) is 3.64. The van der Waals surface area contributed by atoms with Crippen molar-refractivity contribution in [2.24, 2.45) is 0 Å². The Hall–Kier alpha value is -0.730. The van der Waals surface area contributed by atoms with Crippen LogP contribution in [-0.2, 0) is 0 Å². The average molecular weight is 211 g/mol. The molecule has 3 heteroatoms. The van der Waals surface area contributed by atoms with Crippen LogP contribution in [0.4, 0.5) is 5.69 Å². The highest BCUT2D eigenvalue weighted by molar-refractivity contribution is 6.33. The Balaban J connectivity index is 2.29. The molecule has 1 aliphatic rings. The molecule has 0 unspecified atom stereocenters. The lowest BCUT2D eigenvalue weighted by molar-refractivity contribution is 0.588. The summed E-state index contributed by atoms with van der Waals surface area (Å²) in [6.07, 6.45) is 0. The minimum Gasteiger partial charge on any atom is -0.368 e. The monoisotopic (exact) mass is 210 g/mol. The minimum absolute atomic E-state index is 0.868. The standard InChI is InChI=1S/C11H15ClN2/c1-9-3-2-4-10(12)11(9)14-7-5-13-6-8-14/h2-4,13H,5-8H2,1H3. The number of piperazine rings is 1. The highest BCUT2D eigenvalue weighted by Gasteiger charge is 2.14. The minimum atomic E-state index is 0.868. The first kappa shape index (κ1) is 9.81. The largest absolute Gasteiger partial charge is 0.368 e. The molecule has 0 aromatic heterocycles. The first-order valence-corrected chi connectivity index (χ1v) is 5.37. The fourth-order valence-electron chi connectivity index (χ4n) is 1.91. The average Bonchev–Trinajstić information content (AvgIpc) is 2.19. The zero-order chi connectivity index (χ0) is 9.97. The van der Waals surface area contributed by atoms with E-state index in [2.05, 4.69) is 23.2 Å². The van der Waals surface area contributed by atoms with Crippen molar-refractivity contribution >= 4 is 17.3 Å². The lowest BCUT2D eigenvalue weighted by atomic mass is 10.1. The van der Waals surface area contributed by atoms with Crippen molar-refractivity contribution in [1.29, 1.82) is 0 Å². The molecule has 1 N–H and O–H groups in total. The fraction of sp³-hybridized carbons (Fsp3) is 0.455. The highest BCUT2D eigenvalue weighted by atomic mass is 35.5. The maximum Gasteiger partial charge on any atom is 0.0642 e. The second kappa shape index (κ2) is 4.20. The van der Waals surface area contributed by atoms with E-state index in [1.165, 1.54) is 11.3 Å². The third-order valence-corrected chi connectivity index (χ3v) is 2.93. The lowest BCUT2D eigenvalue weighted by Crippen LogP contribution is -2.43. The van der Waals surface area contributed by atoms with Gasteiger partial charge in [-0.1, -0.05) is 23.7 Å². The molecule has 2 nitrogen and oxygen atoms in total. The first-order chi connectivity index (χ1) is 6.79. The number of para-hydroxylation sites is 1. The molecule has 76 valence electrons. The van der Waals surface area contributed by atoms with Gasteiger partial charge in [-0.2, -0.15) is 0 Å². The van der Waals surface area contributed by atoms with Gasteiger partial charge >= 0.3 is 0 Å². The third kappa shape index (κ3) is 1.86. The van der Waals surface area contributed by atoms with Gasteiger partial charge in [-0.05, 0) is 18.6 Å². The predicted molar refractivity (Wildman–Crippen MR) is 61.3 cm³/mol. The van der Waals surface area contributed by atoms with Crippen molar-refractivity contribution in [1.82, 2.24) is 5.32 Å². The lowest BCUT2D eigenvalue weighted by Gasteiger charge is -2.31. The molecule has 1 saturated heterocycles. The van der Waals surface area contributed by atoms with E-state index >= 15 is 0 Å². The van der Waals surface area contributed by atoms with Crippen LogP contribution in [0, 0.1) is 6.92 Å². The van der Waals surface area contributed by atoms with E-state index in [0.29, 0.717) is 0 Å². The SMILES string of the molecule is Cc1cccc(Cl)c1N1CCNCC1. The summed E-state index contributed by atoms with van der Waals surface area (Å²) in [6, 6.07) is 6.08. The van der Waals surface area contributed by atoms with Crippen LogP contribution in [0.2, 0.25) is 5.02 Å². The summed E-state index contributed by atoms with van der Waals surface area (Å²) < 4.78 is 0. The Morgan fingerprint density at radius 2 is 2.00 bits per heavy atom. The summed E-state index contributed by atoms with van der Waals surface area (Å²) in [4.78, 5) is 2.36. The normalized spacial score (nSPS) is 17.1. The Morgan fingerprint density at radius 3 is 2.64 bits per heavy atom. The van der Waals surface area contributed by atoms with Gasteiger partial charge in [0.1, 0.15) is 0 Å². The van der Waals surface area contributed by atoms with Crippen molar-refractivity contribution in [2.45, 2.75) is 6.92 Å². The van der Waals surface area contributed by atoms with Crippen LogP contribution < -0.4 is 10.2 Å². The summed E-state index contributed by atoms with van der Waals surface area (Å²) in [5.41, 5.74) is 2.47. The van der Waals surface area contributed by atoms with Crippen molar-refractivity contribution in [3.63, 3.8) is 0 Å². The number of anilines is 1. The van der Waals surface area contributed by atoms with Gasteiger partial charge in [0.05, 0.1) is 10.7 Å². The van der Waals surface area contributed by atoms with Crippen LogP contribution in [0.1, 0.15) is 5.56 Å². The molecule has 0 aliphatic carbocycles. The van der Waals surface area contributed by atoms with Crippen molar-refractivity contribution in [3.8, 4) is 0 Å². The zero-order valence-corrected chi connectivity index (χ0v) is 9.14. The number of halogens is 1. The summed E-state index contributed by atoms with van der Waals surface area (Å²) in [5.74, 6) is 0. The molecule has 2 rings (SSSR count). The van der Waals surface area contributed by atoms with Gasteiger partial charge in [0.2, 0.25) is 0 Å². The van der Waals surface area contributed by atoms with Gasteiger partial charge in [0.15, 0.2) is 0 Å². The zero-order valence-electron chi connectivity index (χ0n) is 8.39. The van der Waals surface area contributed by atoms with Crippen molar-refractivity contribution in [3.05, 3.63) is 28.8 Å². The van der Waals surface area contributed by atoms with Gasteiger partial charge < -0.3 is 10.2 Å². The van der Waals surface area contributed by atoms with Crippen LogP contribution in [0.25, 0.3) is 0 Å². The Morgan fingerprint density at radius 1 is 1.29 bits per heavy atom. The number of nitrogens with one attached hydrogen (secondary N) is 1. The molecule has 0 radical (unpaired) electrons. The number of aryl methyl sites for hydroxylation is 1. The molecular formula is C11H15ClN2. The molecule has 0 bridgehead atoms. The smallest absolute Gasteiger partial charge is 0.0642 e. The van der Waals surface area contributed by atoms with Crippen LogP contribution in [0.5, 0.6) is 0 Å². The first-order valence-electron chi connectivity index (χ1n) is 5.00. The molecule has 0 saturated carbocycles. The molecular weight excluding hydrogens is 196 g/mol. The summed E-state index contributed by atoms with van der Waals surface area (Å²) in [6.45, 7) is 6.30. The Bertz CT molecular complexity index is 299. The van der Waals surface area contributed by atoms with E-state index in [1.807, 2.05) is 12.1 Å². The molecule has 0 atom stereocenters. The summed E-state index contributed by atoms with van der Waals surface area (Å²) in [7, 11) is 0. The Kier molecular flexibility index (Phi) is 2.94. The maximum absolute atomic E-state index is 6.20.